The fraction of sp³-hybridized carbons (Fsp3) is 0.417. The number of hydrogen-bond donors (Lipinski definition) is 1. The van der Waals surface area contributed by atoms with Crippen LogP contribution in [0.5, 0.6) is 0 Å². The normalized spacial score (nSPS) is 17.6. The molecule has 3 nitrogen and oxygen atoms in total. The first-order valence-corrected chi connectivity index (χ1v) is 5.49. The number of rotatable bonds is 1. The molecule has 0 atom stereocenters. The van der Waals surface area contributed by atoms with Crippen molar-refractivity contribution in [1.29, 1.82) is 0 Å². The van der Waals surface area contributed by atoms with E-state index in [0.717, 1.165) is 22.4 Å². The minimum Gasteiger partial charge on any atom is -0.399 e. The maximum Gasteiger partial charge on any atom is 0.169 e. The van der Waals surface area contributed by atoms with Crippen molar-refractivity contribution >= 4 is 16.7 Å². The number of hydrogen-bond acceptors (Lipinski definition) is 3. The monoisotopic (exact) mass is 202 g/mol. The third-order valence-electron chi connectivity index (χ3n) is 3.27. The molecule has 0 spiro atoms. The number of benzene rings is 1. The van der Waals surface area contributed by atoms with Gasteiger partial charge in [0.05, 0.1) is 5.69 Å². The number of anilines is 1. The Bertz CT molecular complexity index is 483. The van der Waals surface area contributed by atoms with Crippen LogP contribution >= 0.6 is 0 Å². The summed E-state index contributed by atoms with van der Waals surface area (Å²) in [6, 6.07) is 5.79. The van der Waals surface area contributed by atoms with Gasteiger partial charge in [-0.3, -0.25) is 0 Å². The van der Waals surface area contributed by atoms with Gasteiger partial charge in [0.25, 0.3) is 0 Å². The van der Waals surface area contributed by atoms with Gasteiger partial charge >= 0.3 is 0 Å². The molecular formula is C12H14N2O. The Labute approximate surface area is 88.2 Å². The second-order valence-electron chi connectivity index (χ2n) is 4.30. The molecular weight excluding hydrogens is 188 g/mol. The van der Waals surface area contributed by atoms with Gasteiger partial charge in [0.15, 0.2) is 5.58 Å². The van der Waals surface area contributed by atoms with Crippen molar-refractivity contribution in [2.24, 2.45) is 0 Å². The molecule has 1 aromatic heterocycles. The molecule has 3 rings (SSSR count). The van der Waals surface area contributed by atoms with E-state index in [1.165, 1.54) is 25.7 Å². The van der Waals surface area contributed by atoms with Gasteiger partial charge in [-0.1, -0.05) is 18.0 Å². The van der Waals surface area contributed by atoms with Crippen LogP contribution in [0, 0.1) is 0 Å². The Hall–Kier alpha value is -1.51. The number of nitrogen functional groups attached to an aromatic ring is 1. The summed E-state index contributed by atoms with van der Waals surface area (Å²) in [5.41, 5.74) is 8.38. The van der Waals surface area contributed by atoms with Crippen molar-refractivity contribution in [2.75, 3.05) is 5.73 Å². The molecule has 1 aliphatic carbocycles. The second kappa shape index (κ2) is 3.26. The molecule has 1 aliphatic rings. The molecule has 0 radical (unpaired) electrons. The average Bonchev–Trinajstić information content (AvgIpc) is 2.82. The Morgan fingerprint density at radius 1 is 1.27 bits per heavy atom. The van der Waals surface area contributed by atoms with Gasteiger partial charge in [0, 0.05) is 23.1 Å². The van der Waals surface area contributed by atoms with Crippen molar-refractivity contribution in [3.05, 3.63) is 23.9 Å². The highest BCUT2D eigenvalue weighted by molar-refractivity contribution is 5.82. The van der Waals surface area contributed by atoms with Crippen LogP contribution in [0.15, 0.2) is 22.7 Å². The largest absolute Gasteiger partial charge is 0.399 e. The van der Waals surface area contributed by atoms with Crippen LogP contribution < -0.4 is 5.73 Å². The third-order valence-corrected chi connectivity index (χ3v) is 3.27. The van der Waals surface area contributed by atoms with Crippen LogP contribution in [0.25, 0.3) is 11.0 Å². The van der Waals surface area contributed by atoms with Gasteiger partial charge in [0.2, 0.25) is 0 Å². The van der Waals surface area contributed by atoms with Gasteiger partial charge in [0.1, 0.15) is 0 Å². The summed E-state index contributed by atoms with van der Waals surface area (Å²) < 4.78 is 5.31. The van der Waals surface area contributed by atoms with E-state index in [2.05, 4.69) is 5.16 Å². The molecule has 0 bridgehead atoms. The first kappa shape index (κ1) is 8.77. The maximum atomic E-state index is 5.70. The summed E-state index contributed by atoms with van der Waals surface area (Å²) >= 11 is 0. The van der Waals surface area contributed by atoms with E-state index in [1.54, 1.807) is 0 Å². The summed E-state index contributed by atoms with van der Waals surface area (Å²) in [6.07, 6.45) is 5.11. The Morgan fingerprint density at radius 2 is 2.07 bits per heavy atom. The predicted molar refractivity (Wildman–Crippen MR) is 59.6 cm³/mol. The molecule has 0 saturated heterocycles. The molecule has 3 heteroatoms. The molecule has 2 aromatic rings. The number of nitrogens with zero attached hydrogens (tertiary/aromatic N) is 1. The van der Waals surface area contributed by atoms with Crippen LogP contribution in [0.2, 0.25) is 0 Å². The molecule has 1 fully saturated rings. The summed E-state index contributed by atoms with van der Waals surface area (Å²) in [5.74, 6) is 0.592. The molecule has 15 heavy (non-hydrogen) atoms. The molecule has 1 saturated carbocycles. The molecule has 0 aliphatic heterocycles. The molecule has 1 aromatic carbocycles. The highest BCUT2D eigenvalue weighted by Crippen LogP contribution is 2.37. The fourth-order valence-corrected chi connectivity index (χ4v) is 2.47. The number of aromatic nitrogens is 1. The van der Waals surface area contributed by atoms with E-state index in [-0.39, 0.29) is 0 Å². The van der Waals surface area contributed by atoms with E-state index >= 15 is 0 Å². The minimum absolute atomic E-state index is 0.592. The van der Waals surface area contributed by atoms with Crippen LogP contribution in [0.1, 0.15) is 37.3 Å². The lowest BCUT2D eigenvalue weighted by atomic mass is 10.0. The van der Waals surface area contributed by atoms with Gasteiger partial charge in [-0.25, -0.2) is 0 Å². The van der Waals surface area contributed by atoms with E-state index in [1.807, 2.05) is 18.2 Å². The van der Waals surface area contributed by atoms with Gasteiger partial charge in [-0.15, -0.1) is 0 Å². The molecule has 1 heterocycles. The van der Waals surface area contributed by atoms with Crippen molar-refractivity contribution in [3.63, 3.8) is 0 Å². The zero-order chi connectivity index (χ0) is 10.3. The number of nitrogens with two attached hydrogens (primary N) is 1. The molecule has 0 unspecified atom stereocenters. The summed E-state index contributed by atoms with van der Waals surface area (Å²) in [4.78, 5) is 0. The van der Waals surface area contributed by atoms with Crippen LogP contribution in [-0.4, -0.2) is 5.16 Å². The Kier molecular flexibility index (Phi) is 1.91. The fourth-order valence-electron chi connectivity index (χ4n) is 2.47. The molecule has 2 N–H and O–H groups in total. The lowest BCUT2D eigenvalue weighted by Crippen LogP contribution is -1.92. The highest BCUT2D eigenvalue weighted by atomic mass is 16.5. The number of fused-ring (bicyclic) bond motifs is 1. The third kappa shape index (κ3) is 1.39. The lowest BCUT2D eigenvalue weighted by molar-refractivity contribution is 0.437. The average molecular weight is 202 g/mol. The van der Waals surface area contributed by atoms with E-state index in [4.69, 9.17) is 10.3 Å². The van der Waals surface area contributed by atoms with Crippen LogP contribution in [0.4, 0.5) is 5.69 Å². The first-order chi connectivity index (χ1) is 7.34. The molecule has 0 amide bonds. The van der Waals surface area contributed by atoms with Crippen molar-refractivity contribution in [1.82, 2.24) is 5.16 Å². The summed E-state index contributed by atoms with van der Waals surface area (Å²) in [7, 11) is 0. The molecule has 78 valence electrons. The zero-order valence-electron chi connectivity index (χ0n) is 8.57. The lowest BCUT2D eigenvalue weighted by Gasteiger charge is -2.03. The van der Waals surface area contributed by atoms with Crippen molar-refractivity contribution < 1.29 is 4.52 Å². The van der Waals surface area contributed by atoms with Gasteiger partial charge in [-0.2, -0.15) is 0 Å². The van der Waals surface area contributed by atoms with Gasteiger partial charge in [-0.05, 0) is 25.0 Å². The van der Waals surface area contributed by atoms with Crippen molar-refractivity contribution in [3.8, 4) is 0 Å². The van der Waals surface area contributed by atoms with Crippen LogP contribution in [-0.2, 0) is 0 Å². The zero-order valence-corrected chi connectivity index (χ0v) is 8.57. The SMILES string of the molecule is Nc1ccc2c(C3CCCC3)noc2c1. The van der Waals surface area contributed by atoms with E-state index in [0.29, 0.717) is 5.92 Å². The Balaban J connectivity index is 2.11. The summed E-state index contributed by atoms with van der Waals surface area (Å²) in [6.45, 7) is 0. The maximum absolute atomic E-state index is 5.70. The standard InChI is InChI=1S/C12H14N2O/c13-9-5-6-10-11(7-9)15-14-12(10)8-3-1-2-4-8/h5-8H,1-4,13H2. The first-order valence-electron chi connectivity index (χ1n) is 5.49. The smallest absolute Gasteiger partial charge is 0.169 e. The van der Waals surface area contributed by atoms with Crippen LogP contribution in [0.3, 0.4) is 0 Å². The quantitative estimate of drug-likeness (QED) is 0.723. The van der Waals surface area contributed by atoms with E-state index < -0.39 is 0 Å². The Morgan fingerprint density at radius 3 is 2.87 bits per heavy atom. The van der Waals surface area contributed by atoms with E-state index in [9.17, 15) is 0 Å². The minimum atomic E-state index is 0.592. The highest BCUT2D eigenvalue weighted by Gasteiger charge is 2.22. The predicted octanol–water partition coefficient (Wildman–Crippen LogP) is 3.07. The van der Waals surface area contributed by atoms with Crippen molar-refractivity contribution in [2.45, 2.75) is 31.6 Å². The second-order valence-corrected chi connectivity index (χ2v) is 4.30. The summed E-state index contributed by atoms with van der Waals surface area (Å²) in [5, 5.41) is 5.32. The topological polar surface area (TPSA) is 52.0 Å². The van der Waals surface area contributed by atoms with Gasteiger partial charge < -0.3 is 10.3 Å².